The normalized spacial score (nSPS) is 9.65. The van der Waals surface area contributed by atoms with Gasteiger partial charge in [0.25, 0.3) is 0 Å². The predicted octanol–water partition coefficient (Wildman–Crippen LogP) is 10.2. The van der Waals surface area contributed by atoms with Crippen molar-refractivity contribution in [3.8, 4) is 46.0 Å². The molecular formula is C71H82N4Ni4O12. The average Bonchev–Trinajstić information content (AvgIpc) is 3.41. The summed E-state index contributed by atoms with van der Waals surface area (Å²) in [5.74, 6) is -0.976. The Hall–Kier alpha value is -7.35. The third-order valence-electron chi connectivity index (χ3n) is 10.8. The summed E-state index contributed by atoms with van der Waals surface area (Å²) in [6.07, 6.45) is 10.7. The molecule has 8 rings (SSSR count). The Balaban J connectivity index is -0.000000325. The average molecular weight is 1420 g/mol. The quantitative estimate of drug-likeness (QED) is 0.0476. The molecule has 2 radical (unpaired) electrons. The molecule has 0 spiro atoms. The standard InChI is InChI=1S/4C14H13NO2.2C4H10O.C3H8O.C2H5O.C2H5.4Ni/c4*1-10-6-7-14(17)12(8-10)15-9-11-4-2-3-5-13(11)16;2*1-2-3-4-5;1-2-3-4;1-2-3;1-2;;;;/h4*2-9,16-17H,1H3;2*5H,2-4H2,1H3;4H,2-3H2,1H3;3H,1-2H2;1H2,2H3;;;;/q;;;;;;;2*-1;2*+2;2*+3/p-8. The second-order valence-corrected chi connectivity index (χ2v) is 18.2. The van der Waals surface area contributed by atoms with Crippen molar-refractivity contribution in [2.75, 3.05) is 26.4 Å². The molecule has 4 N–H and O–H groups in total. The molecule has 0 fully saturated rings. The fourth-order valence-electron chi connectivity index (χ4n) is 6.13. The molecule has 0 atom stereocenters. The number of rotatable bonds is 13. The zero-order valence-corrected chi connectivity index (χ0v) is 56.3. The van der Waals surface area contributed by atoms with E-state index >= 15 is 0 Å². The smallest absolute Gasteiger partial charge is 0.872 e. The van der Waals surface area contributed by atoms with Gasteiger partial charge in [-0.3, -0.25) is 20.0 Å². The summed E-state index contributed by atoms with van der Waals surface area (Å²) in [7, 11) is 0. The molecule has 498 valence electrons. The minimum absolute atomic E-state index is 0. The molecule has 0 heterocycles. The van der Waals surface area contributed by atoms with Crippen molar-refractivity contribution in [1.82, 2.24) is 0 Å². The first-order valence-corrected chi connectivity index (χ1v) is 28.1. The summed E-state index contributed by atoms with van der Waals surface area (Å²) in [6.45, 7) is 22.6. The van der Waals surface area contributed by atoms with Gasteiger partial charge in [-0.15, -0.1) is 23.0 Å². The number of hydrogen-bond donors (Lipinski definition) is 4. The van der Waals surface area contributed by atoms with Crippen LogP contribution in [0.1, 0.15) is 104 Å². The van der Waals surface area contributed by atoms with Crippen molar-refractivity contribution in [2.45, 2.75) is 87.5 Å². The van der Waals surface area contributed by atoms with Crippen LogP contribution in [0.5, 0.6) is 46.0 Å². The first kappa shape index (κ1) is 92.4. The number of nitrogens with zero attached hydrogens (tertiary/aromatic N) is 4. The minimum atomic E-state index is -0.143. The first-order chi connectivity index (χ1) is 41.8. The number of para-hydroxylation sites is 4. The van der Waals surface area contributed by atoms with Crippen LogP contribution in [0.2, 0.25) is 0 Å². The number of aryl methyl sites for hydroxylation is 4. The van der Waals surface area contributed by atoms with E-state index in [2.05, 4.69) is 47.7 Å². The van der Waals surface area contributed by atoms with Crippen LogP contribution in [0.15, 0.2) is 190 Å². The summed E-state index contributed by atoms with van der Waals surface area (Å²) in [5, 5.41) is 123. The third-order valence-corrected chi connectivity index (χ3v) is 10.8. The third kappa shape index (κ3) is 41.6. The molecule has 0 aliphatic rings. The molecular weight excluding hydrogens is 1340 g/mol. The zero-order valence-electron chi connectivity index (χ0n) is 52.4. The van der Waals surface area contributed by atoms with Gasteiger partial charge in [0.2, 0.25) is 0 Å². The second kappa shape index (κ2) is 57.8. The molecule has 0 aromatic heterocycles. The molecule has 0 saturated carbocycles. The van der Waals surface area contributed by atoms with Crippen molar-refractivity contribution in [3.63, 3.8) is 0 Å². The van der Waals surface area contributed by atoms with Gasteiger partial charge in [-0.25, -0.2) is 0 Å². The van der Waals surface area contributed by atoms with Crippen LogP contribution in [0.25, 0.3) is 0 Å². The Morgan fingerprint density at radius 3 is 0.659 bits per heavy atom. The van der Waals surface area contributed by atoms with Gasteiger partial charge in [-0.05, 0) is 116 Å². The van der Waals surface area contributed by atoms with E-state index < -0.39 is 0 Å². The topological polar surface area (TPSA) is 315 Å². The van der Waals surface area contributed by atoms with Crippen LogP contribution in [-0.4, -0.2) is 71.7 Å². The van der Waals surface area contributed by atoms with E-state index in [-0.39, 0.29) is 119 Å². The van der Waals surface area contributed by atoms with Crippen LogP contribution in [0, 0.1) is 41.5 Å². The Labute approximate surface area is 579 Å². The largest absolute Gasteiger partial charge is 3.00 e. The Morgan fingerprint density at radius 1 is 0.330 bits per heavy atom. The number of aliphatic imine (C=N–C) groups is 4. The molecule has 8 aromatic carbocycles. The summed E-state index contributed by atoms with van der Waals surface area (Å²) < 4.78 is 0. The SMILES string of the molecule is CCCCO.CCCCO.CCCO.Cc1ccc([O-])c(N=Cc2ccccc2[O-])c1.Cc1ccc([O-])c(N=Cc2ccccc2[O-])c1.Cc1ccc([O-])c(N=Cc2ccccc2[O-])c1.Cc1ccc([O-])c(N=Cc2ccccc2[O-])c1.[CH2-]C.[CH2-]CO.[Ni+2].[Ni+2].[Ni+3].[Ni+3]. The van der Waals surface area contributed by atoms with E-state index in [0.29, 0.717) is 64.8 Å². The molecule has 20 heteroatoms. The fourth-order valence-corrected chi connectivity index (χ4v) is 6.13. The van der Waals surface area contributed by atoms with E-state index in [9.17, 15) is 40.9 Å². The molecule has 0 aliphatic heterocycles. The van der Waals surface area contributed by atoms with Gasteiger partial charge in [0.15, 0.2) is 0 Å². The molecule has 91 heavy (non-hydrogen) atoms. The van der Waals surface area contributed by atoms with E-state index in [1.165, 1.54) is 73.4 Å². The molecule has 16 nitrogen and oxygen atoms in total. The van der Waals surface area contributed by atoms with Gasteiger partial charge in [0.1, 0.15) is 0 Å². The van der Waals surface area contributed by atoms with Gasteiger partial charge >= 0.3 is 66.0 Å². The summed E-state index contributed by atoms with van der Waals surface area (Å²) in [5.41, 5.74) is 7.20. The monoisotopic (exact) mass is 1410 g/mol. The van der Waals surface area contributed by atoms with Crippen molar-refractivity contribution < 1.29 is 127 Å². The first-order valence-electron chi connectivity index (χ1n) is 28.1. The zero-order chi connectivity index (χ0) is 65.4. The predicted molar refractivity (Wildman–Crippen MR) is 340 cm³/mol. The van der Waals surface area contributed by atoms with Gasteiger partial charge in [-0.2, -0.15) is 6.92 Å². The number of benzene rings is 8. The summed E-state index contributed by atoms with van der Waals surface area (Å²) in [6, 6.07) is 46.0. The van der Waals surface area contributed by atoms with Crippen molar-refractivity contribution in [3.05, 3.63) is 228 Å². The van der Waals surface area contributed by atoms with E-state index in [4.69, 9.17) is 20.4 Å². The number of hydrogen-bond acceptors (Lipinski definition) is 16. The molecule has 0 aliphatic carbocycles. The van der Waals surface area contributed by atoms with E-state index in [1.54, 1.807) is 128 Å². The van der Waals surface area contributed by atoms with E-state index in [1.807, 2.05) is 34.6 Å². The van der Waals surface area contributed by atoms with Crippen LogP contribution < -0.4 is 40.9 Å². The molecule has 0 bridgehead atoms. The van der Waals surface area contributed by atoms with Crippen LogP contribution in [0.3, 0.4) is 0 Å². The Kier molecular flexibility index (Phi) is 58.7. The fraction of sp³-hybridized carbons (Fsp3) is 0.239. The van der Waals surface area contributed by atoms with Gasteiger partial charge in [-0.1, -0.05) is 209 Å². The Morgan fingerprint density at radius 2 is 0.516 bits per heavy atom. The Bertz CT molecular complexity index is 2850. The van der Waals surface area contributed by atoms with Crippen LogP contribution in [-0.2, 0) is 66.0 Å². The van der Waals surface area contributed by atoms with Crippen LogP contribution >= 0.6 is 0 Å². The maximum atomic E-state index is 11.5. The van der Waals surface area contributed by atoms with Crippen LogP contribution in [0.4, 0.5) is 22.7 Å². The van der Waals surface area contributed by atoms with Crippen molar-refractivity contribution in [1.29, 1.82) is 0 Å². The molecule has 8 aromatic rings. The van der Waals surface area contributed by atoms with E-state index in [0.717, 1.165) is 54.4 Å². The molecule has 0 amide bonds. The summed E-state index contributed by atoms with van der Waals surface area (Å²) in [4.78, 5) is 16.2. The minimum Gasteiger partial charge on any atom is -0.872 e. The number of aliphatic hydroxyl groups is 4. The maximum Gasteiger partial charge on any atom is 3.00 e. The second-order valence-electron chi connectivity index (χ2n) is 18.2. The summed E-state index contributed by atoms with van der Waals surface area (Å²) >= 11 is 0. The molecule has 0 unspecified atom stereocenters. The van der Waals surface area contributed by atoms with Crippen molar-refractivity contribution in [2.24, 2.45) is 20.0 Å². The number of unbranched alkanes of at least 4 members (excludes halogenated alkanes) is 2. The van der Waals surface area contributed by atoms with Gasteiger partial charge < -0.3 is 75.1 Å². The number of aliphatic hydroxyl groups excluding tert-OH is 4. The van der Waals surface area contributed by atoms with Gasteiger partial charge in [0.05, 0.1) is 22.7 Å². The maximum absolute atomic E-state index is 11.5. The van der Waals surface area contributed by atoms with Crippen molar-refractivity contribution >= 4 is 47.6 Å². The molecule has 0 saturated heterocycles. The van der Waals surface area contributed by atoms with Gasteiger partial charge in [0, 0.05) is 44.7 Å².